The van der Waals surface area contributed by atoms with Crippen molar-refractivity contribution >= 4 is 29.6 Å². The van der Waals surface area contributed by atoms with Crippen molar-refractivity contribution in [2.45, 2.75) is 6.16 Å². The zero-order valence-corrected chi connectivity index (χ0v) is 12.8. The number of benzene rings is 1. The standard InChI is InChI=1S/C14H19N2OPS/c1-19-18(16-6-8-17-9-7-16)11-13-10-12-4-2-3-5-14(12)15-13/h2-5,10,15H,6-9,11H2,1H3. The van der Waals surface area contributed by atoms with Crippen LogP contribution in [0.5, 0.6) is 0 Å². The topological polar surface area (TPSA) is 28.3 Å². The monoisotopic (exact) mass is 294 g/mol. The molecule has 1 aliphatic heterocycles. The van der Waals surface area contributed by atoms with Gasteiger partial charge in [0.25, 0.3) is 0 Å². The fraction of sp³-hybridized carbons (Fsp3) is 0.429. The van der Waals surface area contributed by atoms with Gasteiger partial charge < -0.3 is 9.72 Å². The Balaban J connectivity index is 1.74. The van der Waals surface area contributed by atoms with Crippen molar-refractivity contribution in [2.75, 3.05) is 32.6 Å². The Morgan fingerprint density at radius 1 is 1.32 bits per heavy atom. The van der Waals surface area contributed by atoms with E-state index in [1.54, 1.807) is 0 Å². The van der Waals surface area contributed by atoms with Gasteiger partial charge in [0, 0.05) is 37.7 Å². The molecule has 0 spiro atoms. The molecule has 3 nitrogen and oxygen atoms in total. The largest absolute Gasteiger partial charge is 0.379 e. The van der Waals surface area contributed by atoms with Crippen LogP contribution >= 0.6 is 18.7 Å². The Morgan fingerprint density at radius 2 is 2.11 bits per heavy atom. The molecule has 2 heterocycles. The van der Waals surface area contributed by atoms with Crippen molar-refractivity contribution in [3.05, 3.63) is 36.0 Å². The van der Waals surface area contributed by atoms with Crippen LogP contribution in [0.1, 0.15) is 5.69 Å². The van der Waals surface area contributed by atoms with Gasteiger partial charge in [-0.05, 0) is 23.8 Å². The Bertz CT molecular complexity index is 506. The molecule has 102 valence electrons. The summed E-state index contributed by atoms with van der Waals surface area (Å²) in [4.78, 5) is 3.54. The normalized spacial score (nSPS) is 18.8. The highest BCUT2D eigenvalue weighted by molar-refractivity contribution is 8.54. The van der Waals surface area contributed by atoms with Gasteiger partial charge in [0.05, 0.1) is 13.2 Å². The van der Waals surface area contributed by atoms with Crippen molar-refractivity contribution in [1.82, 2.24) is 9.65 Å². The lowest BCUT2D eigenvalue weighted by Crippen LogP contribution is -2.32. The first-order valence-electron chi connectivity index (χ1n) is 6.58. The van der Waals surface area contributed by atoms with Gasteiger partial charge in [-0.15, -0.1) is 11.4 Å². The van der Waals surface area contributed by atoms with Crippen molar-refractivity contribution in [3.63, 3.8) is 0 Å². The van der Waals surface area contributed by atoms with Crippen LogP contribution in [0.15, 0.2) is 30.3 Å². The molecule has 1 unspecified atom stereocenters. The van der Waals surface area contributed by atoms with E-state index in [0.29, 0.717) is 0 Å². The van der Waals surface area contributed by atoms with E-state index in [0.717, 1.165) is 32.5 Å². The number of morpholine rings is 1. The smallest absolute Gasteiger partial charge is 0.0597 e. The molecule has 1 fully saturated rings. The number of hydrogen-bond acceptors (Lipinski definition) is 3. The minimum Gasteiger partial charge on any atom is -0.379 e. The fourth-order valence-electron chi connectivity index (χ4n) is 2.42. The quantitative estimate of drug-likeness (QED) is 0.872. The minimum absolute atomic E-state index is 0.151. The van der Waals surface area contributed by atoms with Gasteiger partial charge in [-0.1, -0.05) is 18.2 Å². The molecular formula is C14H19N2OPS. The number of ether oxygens (including phenoxy) is 1. The third-order valence-corrected chi connectivity index (χ3v) is 7.81. The lowest BCUT2D eigenvalue weighted by atomic mass is 10.2. The maximum absolute atomic E-state index is 5.44. The summed E-state index contributed by atoms with van der Waals surface area (Å²) in [5.74, 6) is 0. The van der Waals surface area contributed by atoms with Crippen LogP contribution in [0.3, 0.4) is 0 Å². The lowest BCUT2D eigenvalue weighted by molar-refractivity contribution is 0.0755. The summed E-state index contributed by atoms with van der Waals surface area (Å²) >= 11 is 2.00. The molecule has 1 aromatic carbocycles. The van der Waals surface area contributed by atoms with Gasteiger partial charge in [-0.3, -0.25) is 4.67 Å². The molecule has 0 aliphatic carbocycles. The molecule has 3 rings (SSSR count). The molecule has 1 atom stereocenters. The van der Waals surface area contributed by atoms with Crippen LogP contribution in [0.2, 0.25) is 0 Å². The average molecular weight is 294 g/mol. The highest BCUT2D eigenvalue weighted by Crippen LogP contribution is 2.54. The fourth-order valence-corrected chi connectivity index (χ4v) is 6.04. The summed E-state index contributed by atoms with van der Waals surface area (Å²) in [7, 11) is -0.151. The highest BCUT2D eigenvalue weighted by atomic mass is 32.7. The molecule has 2 aromatic rings. The lowest BCUT2D eigenvalue weighted by Gasteiger charge is -2.32. The van der Waals surface area contributed by atoms with E-state index in [4.69, 9.17) is 4.74 Å². The Labute approximate surface area is 119 Å². The zero-order chi connectivity index (χ0) is 13.1. The van der Waals surface area contributed by atoms with E-state index in [1.807, 2.05) is 11.4 Å². The second-order valence-corrected chi connectivity index (χ2v) is 8.95. The molecule has 19 heavy (non-hydrogen) atoms. The maximum atomic E-state index is 5.44. The Kier molecular flexibility index (Phi) is 4.44. The maximum Gasteiger partial charge on any atom is 0.0597 e. The predicted octanol–water partition coefficient (Wildman–Crippen LogP) is 3.68. The molecule has 1 saturated heterocycles. The Hall–Kier alpha value is -0.540. The van der Waals surface area contributed by atoms with Crippen molar-refractivity contribution in [2.24, 2.45) is 0 Å². The van der Waals surface area contributed by atoms with Gasteiger partial charge >= 0.3 is 0 Å². The van der Waals surface area contributed by atoms with Gasteiger partial charge in [-0.2, -0.15) is 0 Å². The number of H-pyrrole nitrogens is 1. The van der Waals surface area contributed by atoms with Gasteiger partial charge in [-0.25, -0.2) is 0 Å². The molecule has 0 bridgehead atoms. The number of fused-ring (bicyclic) bond motifs is 1. The first-order chi connectivity index (χ1) is 9.36. The number of hydrogen-bond donors (Lipinski definition) is 1. The van der Waals surface area contributed by atoms with E-state index in [2.05, 4.69) is 46.2 Å². The number of aromatic amines is 1. The van der Waals surface area contributed by atoms with Crippen molar-refractivity contribution in [1.29, 1.82) is 0 Å². The summed E-state index contributed by atoms with van der Waals surface area (Å²) in [5.41, 5.74) is 2.60. The molecule has 0 radical (unpaired) electrons. The predicted molar refractivity (Wildman–Crippen MR) is 84.8 cm³/mol. The van der Waals surface area contributed by atoms with Crippen LogP contribution in [0, 0.1) is 0 Å². The van der Waals surface area contributed by atoms with E-state index in [9.17, 15) is 0 Å². The van der Waals surface area contributed by atoms with Crippen LogP contribution in [0.25, 0.3) is 10.9 Å². The first kappa shape index (κ1) is 13.4. The van der Waals surface area contributed by atoms with E-state index in [1.165, 1.54) is 16.6 Å². The van der Waals surface area contributed by atoms with E-state index in [-0.39, 0.29) is 7.27 Å². The molecule has 1 aliphatic rings. The molecule has 0 amide bonds. The number of nitrogens with zero attached hydrogens (tertiary/aromatic N) is 1. The van der Waals surface area contributed by atoms with Crippen molar-refractivity contribution < 1.29 is 4.74 Å². The molecular weight excluding hydrogens is 275 g/mol. The van der Waals surface area contributed by atoms with Gasteiger partial charge in [0.1, 0.15) is 0 Å². The first-order valence-corrected chi connectivity index (χ1v) is 9.88. The summed E-state index contributed by atoms with van der Waals surface area (Å²) in [6.07, 6.45) is 3.36. The zero-order valence-electron chi connectivity index (χ0n) is 11.1. The molecule has 0 saturated carbocycles. The summed E-state index contributed by atoms with van der Waals surface area (Å²) in [5, 5.41) is 1.32. The van der Waals surface area contributed by atoms with E-state index >= 15 is 0 Å². The second kappa shape index (κ2) is 6.27. The second-order valence-electron chi connectivity index (χ2n) is 4.64. The van der Waals surface area contributed by atoms with Crippen LogP contribution in [0.4, 0.5) is 0 Å². The number of nitrogens with one attached hydrogen (secondary N) is 1. The van der Waals surface area contributed by atoms with Gasteiger partial charge in [0.2, 0.25) is 0 Å². The van der Waals surface area contributed by atoms with Crippen LogP contribution < -0.4 is 0 Å². The summed E-state index contributed by atoms with van der Waals surface area (Å²) < 4.78 is 8.04. The van der Waals surface area contributed by atoms with Gasteiger partial charge in [0.15, 0.2) is 0 Å². The number of aromatic nitrogens is 1. The third-order valence-electron chi connectivity index (χ3n) is 3.41. The number of rotatable bonds is 4. The minimum atomic E-state index is -0.151. The average Bonchev–Trinajstić information content (AvgIpc) is 2.88. The molecule has 1 N–H and O–H groups in total. The Morgan fingerprint density at radius 3 is 2.84 bits per heavy atom. The van der Waals surface area contributed by atoms with Crippen LogP contribution in [-0.4, -0.2) is 42.2 Å². The van der Waals surface area contributed by atoms with E-state index < -0.39 is 0 Å². The molecule has 1 aromatic heterocycles. The third kappa shape index (κ3) is 3.14. The SMILES string of the molecule is CSP(Cc1cc2ccccc2[nH]1)N1CCOCC1. The summed E-state index contributed by atoms with van der Waals surface area (Å²) in [6.45, 7) is 3.91. The van der Waals surface area contributed by atoms with Crippen LogP contribution in [-0.2, 0) is 10.9 Å². The van der Waals surface area contributed by atoms with Crippen molar-refractivity contribution in [3.8, 4) is 0 Å². The highest BCUT2D eigenvalue weighted by Gasteiger charge is 2.21. The molecule has 5 heteroatoms. The summed E-state index contributed by atoms with van der Waals surface area (Å²) in [6, 6.07) is 10.8. The number of para-hydroxylation sites is 1.